The number of benzene rings is 2. The Hall–Kier alpha value is -2.90. The predicted octanol–water partition coefficient (Wildman–Crippen LogP) is 3.05. The van der Waals surface area contributed by atoms with Gasteiger partial charge in [-0.1, -0.05) is 36.4 Å². The van der Waals surface area contributed by atoms with Gasteiger partial charge < -0.3 is 14.1 Å². The number of hydrogen-bond donors (Lipinski definition) is 0. The summed E-state index contributed by atoms with van der Waals surface area (Å²) in [4.78, 5) is 30.3. The average molecular weight is 450 g/mol. The molecule has 7 nitrogen and oxygen atoms in total. The normalized spacial score (nSPS) is 17.2. The highest BCUT2D eigenvalue weighted by Crippen LogP contribution is 2.20. The van der Waals surface area contributed by atoms with Crippen LogP contribution in [-0.2, 0) is 29.0 Å². The topological polar surface area (TPSA) is 67.9 Å². The first-order chi connectivity index (χ1) is 16.2. The number of amides is 1. The van der Waals surface area contributed by atoms with E-state index in [1.807, 2.05) is 23.1 Å². The van der Waals surface area contributed by atoms with Crippen molar-refractivity contribution in [3.8, 4) is 0 Å². The summed E-state index contributed by atoms with van der Waals surface area (Å²) in [6.07, 6.45) is 3.66. The van der Waals surface area contributed by atoms with Crippen molar-refractivity contribution in [3.63, 3.8) is 0 Å². The van der Waals surface area contributed by atoms with E-state index in [4.69, 9.17) is 9.15 Å². The van der Waals surface area contributed by atoms with E-state index < -0.39 is 5.76 Å². The van der Waals surface area contributed by atoms with Crippen LogP contribution in [0.2, 0.25) is 0 Å². The first-order valence-electron chi connectivity index (χ1n) is 11.9. The fourth-order valence-electron chi connectivity index (χ4n) is 5.11. The molecule has 0 N–H and O–H groups in total. The summed E-state index contributed by atoms with van der Waals surface area (Å²) in [5, 5.41) is 0. The molecule has 0 unspecified atom stereocenters. The van der Waals surface area contributed by atoms with Crippen molar-refractivity contribution >= 4 is 17.0 Å². The Balaban J connectivity index is 1.25. The van der Waals surface area contributed by atoms with Crippen molar-refractivity contribution in [1.29, 1.82) is 0 Å². The molecule has 3 aromatic rings. The lowest BCUT2D eigenvalue weighted by molar-refractivity contribution is -0.136. The van der Waals surface area contributed by atoms with Gasteiger partial charge in [0.25, 0.3) is 0 Å². The highest BCUT2D eigenvalue weighted by atomic mass is 16.5. The summed E-state index contributed by atoms with van der Waals surface area (Å²) in [6, 6.07) is 16.1. The molecular formula is C26H31N3O4. The van der Waals surface area contributed by atoms with Crippen molar-refractivity contribution in [3.05, 3.63) is 70.2 Å². The molecular weight excluding hydrogens is 418 g/mol. The fraction of sp³-hybridized carbons (Fsp3) is 0.462. The summed E-state index contributed by atoms with van der Waals surface area (Å²) in [6.45, 7) is 5.01. The average Bonchev–Trinajstić information content (AvgIpc) is 3.17. The predicted molar refractivity (Wildman–Crippen MR) is 126 cm³/mol. The smallest absolute Gasteiger partial charge is 0.408 e. The molecule has 0 saturated carbocycles. The molecule has 1 fully saturated rings. The maximum absolute atomic E-state index is 13.4. The van der Waals surface area contributed by atoms with Crippen molar-refractivity contribution in [2.75, 3.05) is 32.8 Å². The van der Waals surface area contributed by atoms with Crippen LogP contribution in [0.15, 0.2) is 57.7 Å². The molecule has 3 heterocycles. The highest BCUT2D eigenvalue weighted by Gasteiger charge is 2.27. The zero-order valence-electron chi connectivity index (χ0n) is 18.9. The summed E-state index contributed by atoms with van der Waals surface area (Å²) in [7, 11) is 0. The summed E-state index contributed by atoms with van der Waals surface area (Å²) in [5.41, 5.74) is 4.03. The van der Waals surface area contributed by atoms with Crippen molar-refractivity contribution in [2.24, 2.45) is 0 Å². The molecule has 0 radical (unpaired) electrons. The van der Waals surface area contributed by atoms with E-state index in [0.29, 0.717) is 30.9 Å². The third kappa shape index (κ3) is 4.89. The molecule has 2 aliphatic rings. The molecule has 2 aromatic carbocycles. The van der Waals surface area contributed by atoms with Gasteiger partial charge in [-0.15, -0.1) is 0 Å². The monoisotopic (exact) mass is 449 g/mol. The van der Waals surface area contributed by atoms with Gasteiger partial charge in [-0.3, -0.25) is 14.3 Å². The van der Waals surface area contributed by atoms with Gasteiger partial charge in [0.2, 0.25) is 5.91 Å². The van der Waals surface area contributed by atoms with Crippen molar-refractivity contribution < 1.29 is 13.9 Å². The molecule has 1 amide bonds. The lowest BCUT2D eigenvalue weighted by Gasteiger charge is -2.35. The lowest BCUT2D eigenvalue weighted by Crippen LogP contribution is -2.46. The van der Waals surface area contributed by atoms with Crippen LogP contribution in [0.5, 0.6) is 0 Å². The van der Waals surface area contributed by atoms with Gasteiger partial charge in [-0.2, -0.15) is 0 Å². The number of rotatable bonds is 7. The van der Waals surface area contributed by atoms with Gasteiger partial charge in [0.1, 0.15) is 6.54 Å². The first-order valence-corrected chi connectivity index (χ1v) is 11.9. The number of nitrogens with zero attached hydrogens (tertiary/aromatic N) is 3. The minimum atomic E-state index is -0.483. The summed E-state index contributed by atoms with van der Waals surface area (Å²) in [5.74, 6) is -0.511. The molecule has 0 atom stereocenters. The van der Waals surface area contributed by atoms with Gasteiger partial charge in [0.05, 0.1) is 5.52 Å². The van der Waals surface area contributed by atoms with Crippen LogP contribution in [0.1, 0.15) is 30.4 Å². The number of carbonyl (C=O) groups excluding carboxylic acids is 1. The molecule has 2 aliphatic heterocycles. The Bertz CT molecular complexity index is 1160. The second-order valence-electron chi connectivity index (χ2n) is 9.00. The first kappa shape index (κ1) is 21.9. The van der Waals surface area contributed by atoms with Gasteiger partial charge in [0.15, 0.2) is 5.58 Å². The number of oxazole rings is 1. The van der Waals surface area contributed by atoms with Crippen LogP contribution >= 0.6 is 0 Å². The van der Waals surface area contributed by atoms with Crippen LogP contribution in [0.25, 0.3) is 11.1 Å². The summed E-state index contributed by atoms with van der Waals surface area (Å²) >= 11 is 0. The molecule has 1 aromatic heterocycles. The number of hydrogen-bond acceptors (Lipinski definition) is 5. The third-order valence-electron chi connectivity index (χ3n) is 6.90. The van der Waals surface area contributed by atoms with E-state index in [1.54, 1.807) is 6.07 Å². The van der Waals surface area contributed by atoms with Gasteiger partial charge in [-0.25, -0.2) is 4.79 Å². The van der Waals surface area contributed by atoms with Crippen LogP contribution in [-0.4, -0.2) is 59.2 Å². The van der Waals surface area contributed by atoms with E-state index in [1.165, 1.54) is 15.7 Å². The van der Waals surface area contributed by atoms with Gasteiger partial charge in [-0.05, 0) is 48.9 Å². The van der Waals surface area contributed by atoms with Gasteiger partial charge >= 0.3 is 5.76 Å². The van der Waals surface area contributed by atoms with Crippen LogP contribution < -0.4 is 5.76 Å². The van der Waals surface area contributed by atoms with Gasteiger partial charge in [0, 0.05) is 45.4 Å². The van der Waals surface area contributed by atoms with Crippen molar-refractivity contribution in [2.45, 2.75) is 44.8 Å². The maximum atomic E-state index is 13.4. The number of carbonyl (C=O) groups is 1. The van der Waals surface area contributed by atoms with Crippen LogP contribution in [0, 0.1) is 0 Å². The van der Waals surface area contributed by atoms with Crippen molar-refractivity contribution in [1.82, 2.24) is 14.4 Å². The fourth-order valence-corrected chi connectivity index (χ4v) is 5.11. The Morgan fingerprint density at radius 3 is 2.64 bits per heavy atom. The number of ether oxygens (including phenoxy) is 1. The molecule has 174 valence electrons. The Kier molecular flexibility index (Phi) is 6.60. The summed E-state index contributed by atoms with van der Waals surface area (Å²) < 4.78 is 12.3. The number of fused-ring (bicyclic) bond motifs is 2. The van der Waals surface area contributed by atoms with Crippen LogP contribution in [0.3, 0.4) is 0 Å². The minimum absolute atomic E-state index is 0.00426. The van der Waals surface area contributed by atoms with E-state index in [2.05, 4.69) is 29.2 Å². The Morgan fingerprint density at radius 2 is 1.79 bits per heavy atom. The highest BCUT2D eigenvalue weighted by molar-refractivity contribution is 5.79. The van der Waals surface area contributed by atoms with E-state index in [0.717, 1.165) is 45.3 Å². The molecule has 0 aliphatic carbocycles. The minimum Gasteiger partial charge on any atom is -0.408 e. The number of para-hydroxylation sites is 2. The quantitative estimate of drug-likeness (QED) is 0.555. The molecule has 5 rings (SSSR count). The molecule has 33 heavy (non-hydrogen) atoms. The maximum Gasteiger partial charge on any atom is 0.420 e. The van der Waals surface area contributed by atoms with E-state index in [9.17, 15) is 9.59 Å². The second kappa shape index (κ2) is 9.93. The largest absolute Gasteiger partial charge is 0.420 e. The SMILES string of the molecule is O=C(Cn1c(=O)oc2ccccc21)N(CCCN1CCc2ccccc2C1)C1CCOCC1. The van der Waals surface area contributed by atoms with E-state index in [-0.39, 0.29) is 18.5 Å². The zero-order valence-corrected chi connectivity index (χ0v) is 18.9. The Labute approximate surface area is 193 Å². The molecule has 0 bridgehead atoms. The standard InChI is InChI=1S/C26H31N3O4/c30-25(19-29-23-8-3-4-9-24(23)33-26(29)31)28(22-11-16-32-17-12-22)14-5-13-27-15-10-20-6-1-2-7-21(20)18-27/h1-4,6-9,22H,5,10-19H2. The van der Waals surface area contributed by atoms with E-state index >= 15 is 0 Å². The molecule has 7 heteroatoms. The lowest BCUT2D eigenvalue weighted by atomic mass is 10.00. The number of aromatic nitrogens is 1. The zero-order chi connectivity index (χ0) is 22.6. The van der Waals surface area contributed by atoms with Crippen LogP contribution in [0.4, 0.5) is 0 Å². The molecule has 0 spiro atoms. The third-order valence-corrected chi connectivity index (χ3v) is 6.90. The second-order valence-corrected chi connectivity index (χ2v) is 9.00. The Morgan fingerprint density at radius 1 is 1.03 bits per heavy atom. The molecule has 1 saturated heterocycles.